The number of aromatic amines is 1. The van der Waals surface area contributed by atoms with E-state index in [4.69, 9.17) is 18.5 Å². The number of nitrogens with zero attached hydrogens (tertiary/aromatic N) is 1. The Bertz CT molecular complexity index is 1040. The molecule has 11 nitrogen and oxygen atoms in total. The monoisotopic (exact) mass is 481 g/mol. The molecule has 0 saturated carbocycles. The van der Waals surface area contributed by atoms with Gasteiger partial charge in [-0.15, -0.1) is 0 Å². The number of esters is 1. The van der Waals surface area contributed by atoms with Gasteiger partial charge in [0.2, 0.25) is 0 Å². The van der Waals surface area contributed by atoms with E-state index in [9.17, 15) is 19.5 Å². The molecule has 1 aromatic carbocycles. The molecule has 2 heterocycles. The summed E-state index contributed by atoms with van der Waals surface area (Å²) in [5, 5.41) is 13.3. The van der Waals surface area contributed by atoms with Crippen molar-refractivity contribution in [1.82, 2.24) is 14.6 Å². The van der Waals surface area contributed by atoms with Crippen LogP contribution in [0.2, 0.25) is 0 Å². The number of hydrogen-bond acceptors (Lipinski definition) is 9. The highest BCUT2D eigenvalue weighted by Gasteiger charge is 2.36. The fraction of sp³-hybridized carbons (Fsp3) is 0.476. The Kier molecular flexibility index (Phi) is 8.76. The van der Waals surface area contributed by atoms with Gasteiger partial charge in [-0.1, -0.05) is 18.2 Å². The van der Waals surface area contributed by atoms with Gasteiger partial charge in [0.15, 0.2) is 6.23 Å². The number of carbonyl (C=O) groups is 1. The summed E-state index contributed by atoms with van der Waals surface area (Å²) in [6.07, 6.45) is -1.16. The number of rotatable bonds is 10. The maximum Gasteiger partial charge on any atom is 0.330 e. The summed E-state index contributed by atoms with van der Waals surface area (Å²) in [5.41, 5.74) is -0.840. The van der Waals surface area contributed by atoms with Crippen LogP contribution in [0, 0.1) is 6.92 Å². The first-order chi connectivity index (χ1) is 15.7. The zero-order chi connectivity index (χ0) is 24.0. The van der Waals surface area contributed by atoms with Gasteiger partial charge in [-0.3, -0.25) is 19.1 Å². The van der Waals surface area contributed by atoms with Crippen molar-refractivity contribution in [2.24, 2.45) is 0 Å². The quantitative estimate of drug-likeness (QED) is 0.339. The van der Waals surface area contributed by atoms with E-state index >= 15 is 0 Å². The summed E-state index contributed by atoms with van der Waals surface area (Å²) in [6.45, 7) is 4.99. The lowest BCUT2D eigenvalue weighted by atomic mass is 10.2. The van der Waals surface area contributed by atoms with Crippen LogP contribution in [0.25, 0.3) is 0 Å². The largest absolute Gasteiger partial charge is 0.462 e. The molecule has 0 spiro atoms. The first-order valence-corrected chi connectivity index (χ1v) is 11.7. The third-order valence-electron chi connectivity index (χ3n) is 4.61. The van der Waals surface area contributed by atoms with Crippen LogP contribution in [-0.4, -0.2) is 52.1 Å². The third-order valence-corrected chi connectivity index (χ3v) is 5.79. The molecule has 0 bridgehead atoms. The van der Waals surface area contributed by atoms with Crippen LogP contribution in [-0.2, 0) is 18.8 Å². The Morgan fingerprint density at radius 3 is 2.76 bits per heavy atom. The van der Waals surface area contributed by atoms with Gasteiger partial charge in [0, 0.05) is 18.2 Å². The summed E-state index contributed by atoms with van der Waals surface area (Å²) in [7, 11) is -1.74. The van der Waals surface area contributed by atoms with Gasteiger partial charge in [-0.2, -0.15) is 0 Å². The van der Waals surface area contributed by atoms with E-state index in [1.54, 1.807) is 45.0 Å². The van der Waals surface area contributed by atoms with Crippen molar-refractivity contribution in [3.63, 3.8) is 0 Å². The van der Waals surface area contributed by atoms with Crippen LogP contribution in [0.3, 0.4) is 0 Å². The van der Waals surface area contributed by atoms with E-state index in [0.29, 0.717) is 11.3 Å². The highest BCUT2D eigenvalue weighted by molar-refractivity contribution is 7.45. The van der Waals surface area contributed by atoms with Crippen LogP contribution in [0.4, 0.5) is 0 Å². The van der Waals surface area contributed by atoms with Crippen LogP contribution in [0.1, 0.15) is 32.1 Å². The van der Waals surface area contributed by atoms with E-state index in [0.717, 1.165) is 4.57 Å². The lowest BCUT2D eigenvalue weighted by molar-refractivity contribution is -0.145. The van der Waals surface area contributed by atoms with Crippen LogP contribution >= 0.6 is 8.53 Å². The number of nitrogens with one attached hydrogen (secondary N) is 2. The smallest absolute Gasteiger partial charge is 0.330 e. The molecule has 1 aromatic heterocycles. The SMILES string of the molecule is Cc1cn(C2OC(COP(NCC(=O)OC(C)C)Oc3ccccc3)CC2O)c(=O)[nH]c1=O. The average molecular weight is 481 g/mol. The van der Waals surface area contributed by atoms with E-state index < -0.39 is 44.2 Å². The van der Waals surface area contributed by atoms with Gasteiger partial charge in [0.05, 0.1) is 18.8 Å². The average Bonchev–Trinajstić information content (AvgIpc) is 3.13. The highest BCUT2D eigenvalue weighted by atomic mass is 31.2. The Balaban J connectivity index is 1.62. The lowest BCUT2D eigenvalue weighted by Gasteiger charge is -2.21. The summed E-state index contributed by atoms with van der Waals surface area (Å²) < 4.78 is 23.8. The predicted molar refractivity (Wildman–Crippen MR) is 120 cm³/mol. The molecule has 1 saturated heterocycles. The number of hydrogen-bond donors (Lipinski definition) is 3. The van der Waals surface area contributed by atoms with Crippen molar-refractivity contribution in [1.29, 1.82) is 0 Å². The van der Waals surface area contributed by atoms with Gasteiger partial charge in [-0.25, -0.2) is 9.88 Å². The minimum absolute atomic E-state index is 0.0371. The Labute approximate surface area is 191 Å². The molecule has 0 radical (unpaired) electrons. The van der Waals surface area contributed by atoms with Crippen LogP contribution in [0.5, 0.6) is 5.75 Å². The number of ether oxygens (including phenoxy) is 2. The number of aromatic nitrogens is 2. The minimum Gasteiger partial charge on any atom is -0.462 e. The molecule has 0 aliphatic carbocycles. The second kappa shape index (κ2) is 11.5. The molecule has 1 fully saturated rings. The highest BCUT2D eigenvalue weighted by Crippen LogP contribution is 2.37. The number of aryl methyl sites for hydroxylation is 1. The molecular weight excluding hydrogens is 453 g/mol. The Morgan fingerprint density at radius 2 is 2.06 bits per heavy atom. The van der Waals surface area contributed by atoms with Gasteiger partial charge >= 0.3 is 20.2 Å². The second-order valence-electron chi connectivity index (χ2n) is 7.76. The van der Waals surface area contributed by atoms with E-state index in [-0.39, 0.29) is 25.7 Å². The van der Waals surface area contributed by atoms with E-state index in [1.807, 2.05) is 6.07 Å². The normalized spacial score (nSPS) is 21.2. The molecule has 0 amide bonds. The fourth-order valence-electron chi connectivity index (χ4n) is 3.13. The zero-order valence-electron chi connectivity index (χ0n) is 18.6. The summed E-state index contributed by atoms with van der Waals surface area (Å²) in [4.78, 5) is 37.8. The molecule has 2 aromatic rings. The molecule has 12 heteroatoms. The summed E-state index contributed by atoms with van der Waals surface area (Å²) in [6, 6.07) is 8.96. The van der Waals surface area contributed by atoms with Crippen molar-refractivity contribution in [2.45, 2.75) is 51.7 Å². The van der Waals surface area contributed by atoms with Crippen molar-refractivity contribution in [2.75, 3.05) is 13.2 Å². The lowest BCUT2D eigenvalue weighted by Crippen LogP contribution is -2.36. The maximum absolute atomic E-state index is 12.1. The standard InChI is InChI=1S/C21H28N3O8P/c1-13(2)30-18(26)10-22-33(32-15-7-5-4-6-8-15)29-12-16-9-17(25)20(31-16)24-11-14(3)19(27)23-21(24)28/h4-8,11,13,16-17,20,22,25H,9-10,12H2,1-3H3,(H,23,27,28). The number of aliphatic hydroxyl groups is 1. The number of benzene rings is 1. The molecule has 1 aliphatic rings. The molecule has 1 aliphatic heterocycles. The van der Waals surface area contributed by atoms with E-state index in [1.165, 1.54) is 6.20 Å². The zero-order valence-corrected chi connectivity index (χ0v) is 19.5. The van der Waals surface area contributed by atoms with Crippen molar-refractivity contribution < 1.29 is 28.4 Å². The molecular formula is C21H28N3O8P. The van der Waals surface area contributed by atoms with Crippen molar-refractivity contribution in [3.8, 4) is 5.75 Å². The molecule has 3 N–H and O–H groups in total. The number of carbonyl (C=O) groups excluding carboxylic acids is 1. The van der Waals surface area contributed by atoms with Gasteiger partial charge in [-0.05, 0) is 32.9 Å². The molecule has 4 atom stereocenters. The summed E-state index contributed by atoms with van der Waals surface area (Å²) in [5.74, 6) is 0.104. The number of para-hydroxylation sites is 1. The number of H-pyrrole nitrogens is 1. The minimum atomic E-state index is -1.74. The van der Waals surface area contributed by atoms with Gasteiger partial charge in [0.1, 0.15) is 18.4 Å². The third kappa shape index (κ3) is 7.21. The summed E-state index contributed by atoms with van der Waals surface area (Å²) >= 11 is 0. The first-order valence-electron chi connectivity index (χ1n) is 10.5. The molecule has 4 unspecified atom stereocenters. The van der Waals surface area contributed by atoms with Gasteiger partial charge in [0.25, 0.3) is 5.56 Å². The van der Waals surface area contributed by atoms with Crippen LogP contribution < -0.4 is 20.9 Å². The topological polar surface area (TPSA) is 141 Å². The van der Waals surface area contributed by atoms with Gasteiger partial charge < -0.3 is 23.6 Å². The molecule has 180 valence electrons. The predicted octanol–water partition coefficient (Wildman–Crippen LogP) is 1.36. The van der Waals surface area contributed by atoms with Crippen molar-refractivity contribution >= 4 is 14.5 Å². The van der Waals surface area contributed by atoms with Crippen LogP contribution in [0.15, 0.2) is 46.1 Å². The maximum atomic E-state index is 12.1. The first kappa shape index (κ1) is 25.1. The molecule has 33 heavy (non-hydrogen) atoms. The van der Waals surface area contributed by atoms with E-state index in [2.05, 4.69) is 10.1 Å². The fourth-order valence-corrected chi connectivity index (χ4v) is 4.21. The Hall–Kier alpha value is -2.56. The number of aliphatic hydroxyl groups excluding tert-OH is 1. The van der Waals surface area contributed by atoms with Crippen molar-refractivity contribution in [3.05, 3.63) is 62.9 Å². The Morgan fingerprint density at radius 1 is 1.33 bits per heavy atom. The second-order valence-corrected chi connectivity index (χ2v) is 9.03. The molecule has 3 rings (SSSR count).